The number of rotatable bonds is 6. The average Bonchev–Trinajstić information content (AvgIpc) is 2.63. The van der Waals surface area contributed by atoms with Crippen LogP contribution in [-0.4, -0.2) is 36.4 Å². The number of anilines is 1. The van der Waals surface area contributed by atoms with E-state index in [1.165, 1.54) is 0 Å². The second-order valence-electron chi connectivity index (χ2n) is 6.60. The van der Waals surface area contributed by atoms with Gasteiger partial charge in [-0.25, -0.2) is 0 Å². The van der Waals surface area contributed by atoms with Gasteiger partial charge in [0.15, 0.2) is 0 Å². The van der Waals surface area contributed by atoms with Crippen LogP contribution in [0, 0.1) is 0 Å². The average molecular weight is 375 g/mol. The first-order valence-corrected chi connectivity index (χ1v) is 9.09. The molecule has 0 aliphatic carbocycles. The normalized spacial score (nSPS) is 16.2. The molecular formula is C20H23ClN2O3. The zero-order valence-electron chi connectivity index (χ0n) is 14.5. The van der Waals surface area contributed by atoms with Gasteiger partial charge >= 0.3 is 0 Å². The summed E-state index contributed by atoms with van der Waals surface area (Å²) in [6.45, 7) is 2.35. The molecule has 0 unspecified atom stereocenters. The molecule has 1 aliphatic rings. The van der Waals surface area contributed by atoms with E-state index in [1.807, 2.05) is 24.3 Å². The van der Waals surface area contributed by atoms with Gasteiger partial charge in [0.25, 0.3) is 5.91 Å². The second kappa shape index (κ2) is 8.64. The highest BCUT2D eigenvalue weighted by Crippen LogP contribution is 2.20. The van der Waals surface area contributed by atoms with Crippen molar-refractivity contribution in [3.63, 3.8) is 0 Å². The zero-order chi connectivity index (χ0) is 18.4. The number of amides is 1. The fourth-order valence-corrected chi connectivity index (χ4v) is 3.06. The van der Waals surface area contributed by atoms with Crippen LogP contribution in [0.25, 0.3) is 0 Å². The summed E-state index contributed by atoms with van der Waals surface area (Å²) in [4.78, 5) is 12.3. The quantitative estimate of drug-likeness (QED) is 0.726. The molecule has 2 aromatic carbocycles. The van der Waals surface area contributed by atoms with E-state index in [2.05, 4.69) is 10.6 Å². The number of nitrogens with one attached hydrogen (secondary N) is 2. The first kappa shape index (κ1) is 18.9. The van der Waals surface area contributed by atoms with Crippen LogP contribution < -0.4 is 10.6 Å². The van der Waals surface area contributed by atoms with Crippen molar-refractivity contribution in [1.29, 1.82) is 0 Å². The van der Waals surface area contributed by atoms with Gasteiger partial charge in [-0.2, -0.15) is 0 Å². The van der Waals surface area contributed by atoms with Crippen molar-refractivity contribution in [2.45, 2.75) is 25.0 Å². The predicted molar refractivity (Wildman–Crippen MR) is 103 cm³/mol. The molecule has 1 saturated heterocycles. The monoisotopic (exact) mass is 374 g/mol. The van der Waals surface area contributed by atoms with Crippen LogP contribution in [0.3, 0.4) is 0 Å². The van der Waals surface area contributed by atoms with Gasteiger partial charge in [-0.05, 0) is 42.0 Å². The molecule has 138 valence electrons. The Balaban J connectivity index is 1.54. The number of aliphatic hydroxyl groups is 1. The second-order valence-corrected chi connectivity index (χ2v) is 7.04. The molecule has 0 bridgehead atoms. The van der Waals surface area contributed by atoms with E-state index >= 15 is 0 Å². The summed E-state index contributed by atoms with van der Waals surface area (Å²) < 4.78 is 5.29. The Labute approximate surface area is 158 Å². The molecule has 1 fully saturated rings. The summed E-state index contributed by atoms with van der Waals surface area (Å²) in [5.41, 5.74) is 1.63. The highest BCUT2D eigenvalue weighted by molar-refractivity contribution is 6.30. The van der Waals surface area contributed by atoms with Crippen LogP contribution in [0.15, 0.2) is 48.5 Å². The van der Waals surface area contributed by atoms with E-state index in [0.717, 1.165) is 11.3 Å². The van der Waals surface area contributed by atoms with Crippen LogP contribution in [0.5, 0.6) is 0 Å². The molecule has 26 heavy (non-hydrogen) atoms. The number of carbonyl (C=O) groups excluding carboxylic acids is 1. The van der Waals surface area contributed by atoms with Gasteiger partial charge in [0.1, 0.15) is 0 Å². The highest BCUT2D eigenvalue weighted by Gasteiger charge is 2.29. The Morgan fingerprint density at radius 1 is 1.15 bits per heavy atom. The molecule has 0 radical (unpaired) electrons. The van der Waals surface area contributed by atoms with E-state index in [9.17, 15) is 9.90 Å². The molecule has 2 aromatic rings. The molecule has 3 N–H and O–H groups in total. The maximum Gasteiger partial charge on any atom is 0.255 e. The van der Waals surface area contributed by atoms with Gasteiger partial charge in [-0.15, -0.1) is 0 Å². The Kier molecular flexibility index (Phi) is 6.27. The largest absolute Gasteiger partial charge is 0.388 e. The van der Waals surface area contributed by atoms with Crippen LogP contribution in [0.1, 0.15) is 28.8 Å². The number of ether oxygens (including phenoxy) is 1. The molecule has 1 aliphatic heterocycles. The number of hydrogen-bond acceptors (Lipinski definition) is 4. The Morgan fingerprint density at radius 2 is 1.88 bits per heavy atom. The SMILES string of the molecule is O=C(Nc1cccc(CNCC2(O)CCOCC2)c1)c1ccc(Cl)cc1. The van der Waals surface area contributed by atoms with Gasteiger partial charge in [0.2, 0.25) is 0 Å². The Hall–Kier alpha value is -1.92. The lowest BCUT2D eigenvalue weighted by Crippen LogP contribution is -2.44. The molecule has 1 heterocycles. The summed E-state index contributed by atoms with van der Waals surface area (Å²) in [5.74, 6) is -0.178. The van der Waals surface area contributed by atoms with Crippen LogP contribution in [-0.2, 0) is 11.3 Å². The van der Waals surface area contributed by atoms with E-state index < -0.39 is 5.60 Å². The van der Waals surface area contributed by atoms with E-state index in [-0.39, 0.29) is 5.91 Å². The molecular weight excluding hydrogens is 352 g/mol. The minimum absolute atomic E-state index is 0.178. The maximum atomic E-state index is 12.3. The molecule has 6 heteroatoms. The van der Waals surface area contributed by atoms with Crippen molar-refractivity contribution in [2.75, 3.05) is 25.1 Å². The lowest BCUT2D eigenvalue weighted by atomic mass is 9.94. The number of carbonyl (C=O) groups is 1. The molecule has 0 spiro atoms. The van der Waals surface area contributed by atoms with Gasteiger partial charge < -0.3 is 20.5 Å². The van der Waals surface area contributed by atoms with E-state index in [4.69, 9.17) is 16.3 Å². The van der Waals surface area contributed by atoms with E-state index in [1.54, 1.807) is 24.3 Å². The van der Waals surface area contributed by atoms with Crippen LogP contribution >= 0.6 is 11.6 Å². The lowest BCUT2D eigenvalue weighted by molar-refractivity contribution is -0.0617. The molecule has 0 aromatic heterocycles. The van der Waals surface area contributed by atoms with Gasteiger partial charge in [-0.3, -0.25) is 4.79 Å². The minimum atomic E-state index is -0.696. The molecule has 3 rings (SSSR count). The molecule has 0 saturated carbocycles. The predicted octanol–water partition coefficient (Wildman–Crippen LogP) is 3.22. The summed E-state index contributed by atoms with van der Waals surface area (Å²) in [5, 5.41) is 17.2. The van der Waals surface area contributed by atoms with Crippen LogP contribution in [0.4, 0.5) is 5.69 Å². The van der Waals surface area contributed by atoms with Gasteiger partial charge in [0, 0.05) is 55.4 Å². The fourth-order valence-electron chi connectivity index (χ4n) is 2.93. The molecule has 0 atom stereocenters. The van der Waals surface area contributed by atoms with Crippen molar-refractivity contribution in [2.24, 2.45) is 0 Å². The standard InChI is InChI=1S/C20H23ClN2O3/c21-17-6-4-16(5-7-17)19(24)23-18-3-1-2-15(12-18)13-22-14-20(25)8-10-26-11-9-20/h1-7,12,22,25H,8-11,13-14H2,(H,23,24). The Morgan fingerprint density at radius 3 is 2.62 bits per heavy atom. The third-order valence-electron chi connectivity index (χ3n) is 4.50. The lowest BCUT2D eigenvalue weighted by Gasteiger charge is -2.32. The summed E-state index contributed by atoms with van der Waals surface area (Å²) in [6, 6.07) is 14.4. The third-order valence-corrected chi connectivity index (χ3v) is 4.75. The topological polar surface area (TPSA) is 70.6 Å². The van der Waals surface area contributed by atoms with Crippen LogP contribution in [0.2, 0.25) is 5.02 Å². The first-order chi connectivity index (χ1) is 12.5. The highest BCUT2D eigenvalue weighted by atomic mass is 35.5. The van der Waals surface area contributed by atoms with Gasteiger partial charge in [0.05, 0.1) is 5.60 Å². The Bertz CT molecular complexity index is 743. The minimum Gasteiger partial charge on any atom is -0.388 e. The van der Waals surface area contributed by atoms with E-state index in [0.29, 0.717) is 49.7 Å². The molecule has 1 amide bonds. The smallest absolute Gasteiger partial charge is 0.255 e. The third kappa shape index (κ3) is 5.29. The van der Waals surface area contributed by atoms with Crippen molar-refractivity contribution in [3.05, 3.63) is 64.7 Å². The number of hydrogen-bond donors (Lipinski definition) is 3. The number of benzene rings is 2. The first-order valence-electron chi connectivity index (χ1n) is 8.71. The fraction of sp³-hybridized carbons (Fsp3) is 0.350. The van der Waals surface area contributed by atoms with Crippen molar-refractivity contribution in [3.8, 4) is 0 Å². The summed E-state index contributed by atoms with van der Waals surface area (Å²) in [7, 11) is 0. The molecule has 5 nitrogen and oxygen atoms in total. The number of halogens is 1. The van der Waals surface area contributed by atoms with Gasteiger partial charge in [-0.1, -0.05) is 23.7 Å². The zero-order valence-corrected chi connectivity index (χ0v) is 15.3. The van der Waals surface area contributed by atoms with Crippen molar-refractivity contribution in [1.82, 2.24) is 5.32 Å². The summed E-state index contributed by atoms with van der Waals surface area (Å²) in [6.07, 6.45) is 1.30. The van der Waals surface area contributed by atoms with Crippen molar-refractivity contribution < 1.29 is 14.6 Å². The van der Waals surface area contributed by atoms with Crippen molar-refractivity contribution >= 4 is 23.2 Å². The maximum absolute atomic E-state index is 12.3. The summed E-state index contributed by atoms with van der Waals surface area (Å²) >= 11 is 5.85.